The van der Waals surface area contributed by atoms with E-state index in [1.807, 2.05) is 13.8 Å². The number of hydrogen-bond donors (Lipinski definition) is 0. The standard InChI is InChI=1S/C11H13ClO2/c1-8(2)14-10-5-3-9(4-6-10)11(13)7-12/h3-6,8H,7H2,1-2H3. The normalized spacial score (nSPS) is 10.3. The van der Waals surface area contributed by atoms with Crippen molar-refractivity contribution in [3.63, 3.8) is 0 Å². The van der Waals surface area contributed by atoms with E-state index in [-0.39, 0.29) is 17.8 Å². The molecule has 0 unspecified atom stereocenters. The molecule has 0 fully saturated rings. The third-order valence-corrected chi connectivity index (χ3v) is 1.91. The first-order valence-electron chi connectivity index (χ1n) is 4.49. The zero-order valence-corrected chi connectivity index (χ0v) is 9.04. The van der Waals surface area contributed by atoms with Crippen molar-refractivity contribution in [1.82, 2.24) is 0 Å². The number of halogens is 1. The van der Waals surface area contributed by atoms with Gasteiger partial charge in [-0.1, -0.05) is 0 Å². The first kappa shape index (κ1) is 11.1. The second-order valence-electron chi connectivity index (χ2n) is 3.25. The maximum absolute atomic E-state index is 11.2. The largest absolute Gasteiger partial charge is 0.491 e. The number of rotatable bonds is 4. The number of alkyl halides is 1. The number of Topliss-reactive ketones (excluding diaryl/α,β-unsaturated/α-hetero) is 1. The third kappa shape index (κ3) is 3.04. The highest BCUT2D eigenvalue weighted by atomic mass is 35.5. The van der Waals surface area contributed by atoms with Crippen LogP contribution in [0.2, 0.25) is 0 Å². The van der Waals surface area contributed by atoms with Crippen molar-refractivity contribution < 1.29 is 9.53 Å². The van der Waals surface area contributed by atoms with Gasteiger partial charge in [0.1, 0.15) is 5.75 Å². The Morgan fingerprint density at radius 3 is 2.36 bits per heavy atom. The van der Waals surface area contributed by atoms with E-state index in [1.54, 1.807) is 24.3 Å². The smallest absolute Gasteiger partial charge is 0.177 e. The fourth-order valence-corrected chi connectivity index (χ4v) is 1.22. The van der Waals surface area contributed by atoms with E-state index < -0.39 is 0 Å². The van der Waals surface area contributed by atoms with Gasteiger partial charge in [-0.05, 0) is 38.1 Å². The number of hydrogen-bond acceptors (Lipinski definition) is 2. The van der Waals surface area contributed by atoms with E-state index in [9.17, 15) is 4.79 Å². The van der Waals surface area contributed by atoms with Crippen LogP contribution >= 0.6 is 11.6 Å². The molecule has 0 radical (unpaired) electrons. The molecule has 76 valence electrons. The molecule has 0 saturated carbocycles. The predicted octanol–water partition coefficient (Wildman–Crippen LogP) is 2.90. The lowest BCUT2D eigenvalue weighted by Gasteiger charge is -2.09. The summed E-state index contributed by atoms with van der Waals surface area (Å²) in [5.41, 5.74) is 0.621. The predicted molar refractivity (Wildman–Crippen MR) is 57.3 cm³/mol. The van der Waals surface area contributed by atoms with E-state index in [2.05, 4.69) is 0 Å². The van der Waals surface area contributed by atoms with Gasteiger partial charge in [0.25, 0.3) is 0 Å². The molecule has 3 heteroatoms. The lowest BCUT2D eigenvalue weighted by Crippen LogP contribution is -2.06. The van der Waals surface area contributed by atoms with Crippen LogP contribution in [0, 0.1) is 0 Å². The zero-order chi connectivity index (χ0) is 10.6. The van der Waals surface area contributed by atoms with E-state index in [0.717, 1.165) is 5.75 Å². The number of carbonyl (C=O) groups excluding carboxylic acids is 1. The number of ether oxygens (including phenoxy) is 1. The molecule has 0 spiro atoms. The van der Waals surface area contributed by atoms with Gasteiger partial charge in [-0.2, -0.15) is 0 Å². The molecule has 1 aromatic rings. The van der Waals surface area contributed by atoms with Gasteiger partial charge in [-0.25, -0.2) is 0 Å². The molecule has 0 atom stereocenters. The summed E-state index contributed by atoms with van der Waals surface area (Å²) in [6.45, 7) is 3.91. The summed E-state index contributed by atoms with van der Waals surface area (Å²) in [6.07, 6.45) is 0.143. The molecular weight excluding hydrogens is 200 g/mol. The molecule has 0 saturated heterocycles. The van der Waals surface area contributed by atoms with Crippen LogP contribution in [0.3, 0.4) is 0 Å². The maximum atomic E-state index is 11.2. The van der Waals surface area contributed by atoms with Crippen molar-refractivity contribution in [3.05, 3.63) is 29.8 Å². The summed E-state index contributed by atoms with van der Waals surface area (Å²) in [4.78, 5) is 11.2. The second-order valence-corrected chi connectivity index (χ2v) is 3.52. The Labute approximate surface area is 88.8 Å². The second kappa shape index (κ2) is 5.01. The molecule has 1 rings (SSSR count). The van der Waals surface area contributed by atoms with Crippen molar-refractivity contribution in [3.8, 4) is 5.75 Å². The van der Waals surface area contributed by atoms with Gasteiger partial charge in [0.15, 0.2) is 5.78 Å². The van der Waals surface area contributed by atoms with Crippen molar-refractivity contribution in [2.45, 2.75) is 20.0 Å². The number of benzene rings is 1. The molecule has 0 aliphatic heterocycles. The van der Waals surface area contributed by atoms with E-state index in [1.165, 1.54) is 0 Å². The van der Waals surface area contributed by atoms with E-state index in [4.69, 9.17) is 16.3 Å². The van der Waals surface area contributed by atoms with Gasteiger partial charge in [-0.3, -0.25) is 4.79 Å². The highest BCUT2D eigenvalue weighted by molar-refractivity contribution is 6.30. The van der Waals surface area contributed by atoms with Crippen LogP contribution in [0.4, 0.5) is 0 Å². The molecule has 0 aliphatic carbocycles. The van der Waals surface area contributed by atoms with Gasteiger partial charge < -0.3 is 4.74 Å². The summed E-state index contributed by atoms with van der Waals surface area (Å²) in [5, 5.41) is 0. The fraction of sp³-hybridized carbons (Fsp3) is 0.364. The molecule has 14 heavy (non-hydrogen) atoms. The Bertz CT molecular complexity index is 304. The van der Waals surface area contributed by atoms with Crippen LogP contribution < -0.4 is 4.74 Å². The van der Waals surface area contributed by atoms with Crippen molar-refractivity contribution >= 4 is 17.4 Å². The molecule has 2 nitrogen and oxygen atoms in total. The fourth-order valence-electron chi connectivity index (χ4n) is 1.07. The average molecular weight is 213 g/mol. The zero-order valence-electron chi connectivity index (χ0n) is 8.29. The average Bonchev–Trinajstić information content (AvgIpc) is 2.17. The monoisotopic (exact) mass is 212 g/mol. The van der Waals surface area contributed by atoms with Gasteiger partial charge >= 0.3 is 0 Å². The quantitative estimate of drug-likeness (QED) is 0.567. The van der Waals surface area contributed by atoms with E-state index >= 15 is 0 Å². The van der Waals surface area contributed by atoms with E-state index in [0.29, 0.717) is 5.56 Å². The van der Waals surface area contributed by atoms with Crippen molar-refractivity contribution in [2.75, 3.05) is 5.88 Å². The minimum Gasteiger partial charge on any atom is -0.491 e. The van der Waals surface area contributed by atoms with Crippen LogP contribution in [0.15, 0.2) is 24.3 Å². The highest BCUT2D eigenvalue weighted by Gasteiger charge is 2.04. The van der Waals surface area contributed by atoms with Gasteiger partial charge in [0.05, 0.1) is 12.0 Å². The minimum absolute atomic E-state index is 0.0182. The Balaban J connectivity index is 2.73. The lowest BCUT2D eigenvalue weighted by atomic mass is 10.1. The Morgan fingerprint density at radius 2 is 1.93 bits per heavy atom. The van der Waals surface area contributed by atoms with Crippen LogP contribution in [0.25, 0.3) is 0 Å². The molecule has 0 heterocycles. The van der Waals surface area contributed by atoms with Gasteiger partial charge in [0.2, 0.25) is 0 Å². The Hall–Kier alpha value is -1.02. The lowest BCUT2D eigenvalue weighted by molar-refractivity contribution is 0.102. The topological polar surface area (TPSA) is 26.3 Å². The van der Waals surface area contributed by atoms with Gasteiger partial charge in [-0.15, -0.1) is 11.6 Å². The summed E-state index contributed by atoms with van der Waals surface area (Å²) < 4.78 is 5.44. The summed E-state index contributed by atoms with van der Waals surface area (Å²) in [7, 11) is 0. The molecule has 1 aromatic carbocycles. The Morgan fingerprint density at radius 1 is 1.36 bits per heavy atom. The van der Waals surface area contributed by atoms with Crippen LogP contribution in [0.5, 0.6) is 5.75 Å². The first-order chi connectivity index (χ1) is 6.63. The van der Waals surface area contributed by atoms with Gasteiger partial charge in [0, 0.05) is 5.56 Å². The SMILES string of the molecule is CC(C)Oc1ccc(C(=O)CCl)cc1. The van der Waals surface area contributed by atoms with Crippen molar-refractivity contribution in [2.24, 2.45) is 0 Å². The maximum Gasteiger partial charge on any atom is 0.177 e. The third-order valence-electron chi connectivity index (χ3n) is 1.67. The van der Waals surface area contributed by atoms with Crippen LogP contribution in [-0.4, -0.2) is 17.8 Å². The highest BCUT2D eigenvalue weighted by Crippen LogP contribution is 2.14. The molecule has 0 bridgehead atoms. The minimum atomic E-state index is -0.0669. The van der Waals surface area contributed by atoms with Crippen LogP contribution in [0.1, 0.15) is 24.2 Å². The molecular formula is C11H13ClO2. The first-order valence-corrected chi connectivity index (χ1v) is 5.03. The summed E-state index contributed by atoms with van der Waals surface area (Å²) in [5.74, 6) is 0.721. The summed E-state index contributed by atoms with van der Waals surface area (Å²) in [6, 6.07) is 7.00. The summed E-state index contributed by atoms with van der Waals surface area (Å²) >= 11 is 5.43. The molecule has 0 aliphatic rings. The number of ketones is 1. The molecule has 0 N–H and O–H groups in total. The number of carbonyl (C=O) groups is 1. The van der Waals surface area contributed by atoms with Crippen molar-refractivity contribution in [1.29, 1.82) is 0 Å². The molecule has 0 amide bonds. The molecule has 0 aromatic heterocycles. The van der Waals surface area contributed by atoms with Crippen LogP contribution in [-0.2, 0) is 0 Å². The Kier molecular flexibility index (Phi) is 3.96.